The van der Waals surface area contributed by atoms with Gasteiger partial charge in [-0.2, -0.15) is 0 Å². The van der Waals surface area contributed by atoms with Gasteiger partial charge in [-0.1, -0.05) is 86.0 Å². The maximum atomic E-state index is 14.1. The number of carbonyl (C=O) groups excluding carboxylic acids is 2. The molecule has 3 rings (SSSR count). The van der Waals surface area contributed by atoms with Gasteiger partial charge < -0.3 is 10.2 Å². The van der Waals surface area contributed by atoms with Crippen molar-refractivity contribution in [3.8, 4) is 0 Å². The van der Waals surface area contributed by atoms with Gasteiger partial charge in [-0.3, -0.25) is 13.9 Å². The molecule has 2 amide bonds. The number of amides is 2. The number of halogens is 1. The van der Waals surface area contributed by atoms with Crippen molar-refractivity contribution in [3.63, 3.8) is 0 Å². The number of hydrogen-bond donors (Lipinski definition) is 1. The van der Waals surface area contributed by atoms with Gasteiger partial charge in [-0.05, 0) is 68.5 Å². The van der Waals surface area contributed by atoms with Crippen LogP contribution in [-0.2, 0) is 26.0 Å². The lowest BCUT2D eigenvalue weighted by Crippen LogP contribution is -2.53. The van der Waals surface area contributed by atoms with Gasteiger partial charge in [0.05, 0.1) is 10.6 Å². The molecule has 9 heteroatoms. The van der Waals surface area contributed by atoms with Crippen LogP contribution in [0.25, 0.3) is 0 Å². The SMILES string of the molecule is CCCCNC(=O)C(CC)N(CCc1ccccc1)C(=O)CN(c1cc(Cl)ccc1C)S(=O)(=O)c1ccc(C)cc1. The van der Waals surface area contributed by atoms with Gasteiger partial charge in [0.2, 0.25) is 11.8 Å². The fourth-order valence-electron chi connectivity index (χ4n) is 4.60. The number of carbonyl (C=O) groups is 2. The second-order valence-electron chi connectivity index (χ2n) is 10.1. The first-order chi connectivity index (χ1) is 19.6. The predicted octanol–water partition coefficient (Wildman–Crippen LogP) is 5.92. The molecule has 0 fully saturated rings. The van der Waals surface area contributed by atoms with Gasteiger partial charge in [0.25, 0.3) is 10.0 Å². The first-order valence-electron chi connectivity index (χ1n) is 14.0. The molecule has 1 atom stereocenters. The van der Waals surface area contributed by atoms with E-state index in [1.54, 1.807) is 37.3 Å². The third-order valence-corrected chi connectivity index (χ3v) is 9.04. The summed E-state index contributed by atoms with van der Waals surface area (Å²) < 4.78 is 29.2. The summed E-state index contributed by atoms with van der Waals surface area (Å²) in [6.07, 6.45) is 2.67. The average Bonchev–Trinajstić information content (AvgIpc) is 2.96. The Balaban J connectivity index is 2.02. The largest absolute Gasteiger partial charge is 0.354 e. The number of aryl methyl sites for hydroxylation is 2. The molecular formula is C32H40ClN3O4S. The minimum Gasteiger partial charge on any atom is -0.354 e. The molecule has 0 spiro atoms. The average molecular weight is 598 g/mol. The number of hydrogen-bond acceptors (Lipinski definition) is 4. The zero-order valence-corrected chi connectivity index (χ0v) is 25.8. The van der Waals surface area contributed by atoms with Crippen molar-refractivity contribution < 1.29 is 18.0 Å². The molecule has 3 aromatic carbocycles. The van der Waals surface area contributed by atoms with Gasteiger partial charge in [-0.15, -0.1) is 0 Å². The third-order valence-electron chi connectivity index (χ3n) is 7.03. The van der Waals surface area contributed by atoms with Crippen molar-refractivity contribution in [2.45, 2.75) is 64.3 Å². The minimum atomic E-state index is -4.15. The summed E-state index contributed by atoms with van der Waals surface area (Å²) in [5.41, 5.74) is 2.90. The highest BCUT2D eigenvalue weighted by Gasteiger charge is 2.34. The number of benzene rings is 3. The molecule has 0 bridgehead atoms. The predicted molar refractivity (Wildman–Crippen MR) is 166 cm³/mol. The molecule has 0 saturated heterocycles. The smallest absolute Gasteiger partial charge is 0.264 e. The summed E-state index contributed by atoms with van der Waals surface area (Å²) >= 11 is 6.30. The summed E-state index contributed by atoms with van der Waals surface area (Å²) in [7, 11) is -4.15. The molecule has 41 heavy (non-hydrogen) atoms. The number of nitrogens with zero attached hydrogens (tertiary/aromatic N) is 2. The van der Waals surface area contributed by atoms with Crippen LogP contribution in [-0.4, -0.2) is 50.8 Å². The molecule has 0 heterocycles. The van der Waals surface area contributed by atoms with E-state index in [1.807, 2.05) is 51.1 Å². The molecule has 1 unspecified atom stereocenters. The van der Waals surface area contributed by atoms with Gasteiger partial charge >= 0.3 is 0 Å². The molecule has 0 radical (unpaired) electrons. The van der Waals surface area contributed by atoms with Crippen LogP contribution in [0.1, 0.15) is 49.8 Å². The number of rotatable bonds is 14. The van der Waals surface area contributed by atoms with E-state index in [-0.39, 0.29) is 17.3 Å². The molecule has 0 aliphatic carbocycles. The quantitative estimate of drug-likeness (QED) is 0.234. The fraction of sp³-hybridized carbons (Fsp3) is 0.375. The maximum absolute atomic E-state index is 14.1. The molecule has 3 aromatic rings. The topological polar surface area (TPSA) is 86.8 Å². The summed E-state index contributed by atoms with van der Waals surface area (Å²) in [6, 6.07) is 20.4. The highest BCUT2D eigenvalue weighted by Crippen LogP contribution is 2.30. The molecule has 0 aliphatic rings. The fourth-order valence-corrected chi connectivity index (χ4v) is 6.24. The van der Waals surface area contributed by atoms with Crippen LogP contribution >= 0.6 is 11.6 Å². The van der Waals surface area contributed by atoms with Crippen LogP contribution in [0, 0.1) is 13.8 Å². The zero-order valence-electron chi connectivity index (χ0n) is 24.3. The molecule has 0 saturated carbocycles. The number of sulfonamides is 1. The van der Waals surface area contributed by atoms with E-state index in [0.717, 1.165) is 28.3 Å². The lowest BCUT2D eigenvalue weighted by Gasteiger charge is -2.33. The van der Waals surface area contributed by atoms with Gasteiger partial charge in [0, 0.05) is 18.1 Å². The van der Waals surface area contributed by atoms with Crippen molar-refractivity contribution >= 4 is 39.1 Å². The Bertz CT molecular complexity index is 1410. The second kappa shape index (κ2) is 15.0. The van der Waals surface area contributed by atoms with Gasteiger partial charge in [-0.25, -0.2) is 8.42 Å². The Morgan fingerprint density at radius 3 is 2.27 bits per heavy atom. The van der Waals surface area contributed by atoms with E-state index in [0.29, 0.717) is 35.7 Å². The lowest BCUT2D eigenvalue weighted by atomic mass is 10.1. The van der Waals surface area contributed by atoms with Gasteiger partial charge in [0.15, 0.2) is 0 Å². The van der Waals surface area contributed by atoms with Crippen LogP contribution in [0.3, 0.4) is 0 Å². The van der Waals surface area contributed by atoms with E-state index in [2.05, 4.69) is 5.32 Å². The van der Waals surface area contributed by atoms with E-state index in [9.17, 15) is 18.0 Å². The number of nitrogens with one attached hydrogen (secondary N) is 1. The first-order valence-corrected chi connectivity index (χ1v) is 15.9. The Hall–Kier alpha value is -3.36. The molecule has 7 nitrogen and oxygen atoms in total. The van der Waals surface area contributed by atoms with E-state index in [1.165, 1.54) is 17.0 Å². The summed E-state index contributed by atoms with van der Waals surface area (Å²) in [5.74, 6) is -0.706. The van der Waals surface area contributed by atoms with Gasteiger partial charge in [0.1, 0.15) is 12.6 Å². The van der Waals surface area contributed by atoms with Crippen molar-refractivity contribution in [3.05, 3.63) is 94.5 Å². The Kier molecular flexibility index (Phi) is 11.8. The first kappa shape index (κ1) is 32.2. The normalized spacial score (nSPS) is 12.0. The third kappa shape index (κ3) is 8.57. The lowest BCUT2D eigenvalue weighted by molar-refractivity contribution is -0.139. The second-order valence-corrected chi connectivity index (χ2v) is 12.4. The van der Waals surface area contributed by atoms with Crippen molar-refractivity contribution in [1.82, 2.24) is 10.2 Å². The van der Waals surface area contributed by atoms with Crippen LogP contribution in [0.2, 0.25) is 5.02 Å². The Morgan fingerprint density at radius 2 is 1.63 bits per heavy atom. The Morgan fingerprint density at radius 1 is 0.951 bits per heavy atom. The molecule has 0 aromatic heterocycles. The van der Waals surface area contributed by atoms with Crippen LogP contribution in [0.5, 0.6) is 0 Å². The van der Waals surface area contributed by atoms with Crippen LogP contribution in [0.4, 0.5) is 5.69 Å². The van der Waals surface area contributed by atoms with Crippen LogP contribution in [0.15, 0.2) is 77.7 Å². The monoisotopic (exact) mass is 597 g/mol. The van der Waals surface area contributed by atoms with E-state index < -0.39 is 28.5 Å². The minimum absolute atomic E-state index is 0.0652. The molecular weight excluding hydrogens is 558 g/mol. The standard InChI is InChI=1S/C32H40ClN3O4S/c1-5-7-20-34-32(38)29(6-2)35(21-19-26-11-9-8-10-12-26)31(37)23-36(30-22-27(33)16-15-25(30)4)41(39,40)28-17-13-24(3)14-18-28/h8-18,22,29H,5-7,19-21,23H2,1-4H3,(H,34,38). The summed E-state index contributed by atoms with van der Waals surface area (Å²) in [6.45, 7) is 7.84. The highest BCUT2D eigenvalue weighted by atomic mass is 35.5. The van der Waals surface area contributed by atoms with Crippen molar-refractivity contribution in [2.75, 3.05) is 23.9 Å². The number of unbranched alkanes of at least 4 members (excludes halogenated alkanes) is 1. The molecule has 0 aliphatic heterocycles. The Labute approximate surface area is 249 Å². The van der Waals surface area contributed by atoms with Crippen LogP contribution < -0.4 is 9.62 Å². The maximum Gasteiger partial charge on any atom is 0.264 e. The summed E-state index contributed by atoms with van der Waals surface area (Å²) in [4.78, 5) is 29.0. The van der Waals surface area contributed by atoms with E-state index in [4.69, 9.17) is 11.6 Å². The number of anilines is 1. The van der Waals surface area contributed by atoms with Crippen molar-refractivity contribution in [1.29, 1.82) is 0 Å². The van der Waals surface area contributed by atoms with Crippen molar-refractivity contribution in [2.24, 2.45) is 0 Å². The molecule has 220 valence electrons. The molecule has 1 N–H and O–H groups in total. The highest BCUT2D eigenvalue weighted by molar-refractivity contribution is 7.92. The summed E-state index contributed by atoms with van der Waals surface area (Å²) in [5, 5.41) is 3.30. The zero-order chi connectivity index (χ0) is 30.0. The van der Waals surface area contributed by atoms with E-state index >= 15 is 0 Å².